The van der Waals surface area contributed by atoms with Crippen LogP contribution in [0.5, 0.6) is 0 Å². The lowest BCUT2D eigenvalue weighted by Gasteiger charge is -2.27. The molecule has 4 amide bonds. The second-order valence-corrected chi connectivity index (χ2v) is 11.9. The summed E-state index contributed by atoms with van der Waals surface area (Å²) in [6.07, 6.45) is 0.0654. The molecule has 2 heterocycles. The summed E-state index contributed by atoms with van der Waals surface area (Å²) in [5.41, 5.74) is 5.47. The maximum absolute atomic E-state index is 13.8. The number of rotatable bonds is 9. The molecule has 0 spiro atoms. The quantitative estimate of drug-likeness (QED) is 0.272. The third kappa shape index (κ3) is 7.46. The van der Waals surface area contributed by atoms with Crippen molar-refractivity contribution in [3.05, 3.63) is 114 Å². The van der Waals surface area contributed by atoms with Gasteiger partial charge in [-0.1, -0.05) is 54.6 Å². The van der Waals surface area contributed by atoms with Gasteiger partial charge in [0.1, 0.15) is 6.54 Å². The number of para-hydroxylation sites is 2. The topological polar surface area (TPSA) is 111 Å². The molecule has 0 radical (unpaired) electrons. The highest BCUT2D eigenvalue weighted by atomic mass is 16.5. The number of carbonyl (C=O) groups excluding carboxylic acids is 4. The molecule has 10 nitrogen and oxygen atoms in total. The second kappa shape index (κ2) is 15.1. The molecule has 0 bridgehead atoms. The lowest BCUT2D eigenvalue weighted by molar-refractivity contribution is -0.123. The van der Waals surface area contributed by atoms with Crippen LogP contribution in [0, 0.1) is 6.92 Å². The SMILES string of the molecule is Cc1ccccc1-c1ccccc1C(=O)Nc1ccc(C(=O)N2CCC(=O)N(CC(=O)NCCN3CCOCC3)c3ccccc32)cc1. The Morgan fingerprint density at radius 1 is 0.771 bits per heavy atom. The number of carbonyl (C=O) groups is 4. The smallest absolute Gasteiger partial charge is 0.258 e. The van der Waals surface area contributed by atoms with E-state index in [0.717, 1.165) is 29.8 Å². The first-order chi connectivity index (χ1) is 23.4. The molecule has 246 valence electrons. The Bertz CT molecular complexity index is 1800. The molecule has 1 saturated heterocycles. The van der Waals surface area contributed by atoms with Gasteiger partial charge in [-0.3, -0.25) is 24.1 Å². The Morgan fingerprint density at radius 2 is 1.44 bits per heavy atom. The summed E-state index contributed by atoms with van der Waals surface area (Å²) in [6, 6.07) is 29.3. The monoisotopic (exact) mass is 645 g/mol. The molecule has 0 aromatic heterocycles. The van der Waals surface area contributed by atoms with E-state index in [1.165, 1.54) is 4.90 Å². The molecule has 1 fully saturated rings. The number of nitrogens with one attached hydrogen (secondary N) is 2. The molecule has 6 rings (SSSR count). The van der Waals surface area contributed by atoms with E-state index in [4.69, 9.17) is 4.74 Å². The van der Waals surface area contributed by atoms with Crippen molar-refractivity contribution in [3.63, 3.8) is 0 Å². The van der Waals surface area contributed by atoms with E-state index >= 15 is 0 Å². The fourth-order valence-electron chi connectivity index (χ4n) is 6.12. The van der Waals surface area contributed by atoms with Crippen molar-refractivity contribution in [2.45, 2.75) is 13.3 Å². The van der Waals surface area contributed by atoms with Gasteiger partial charge in [0.2, 0.25) is 11.8 Å². The van der Waals surface area contributed by atoms with Gasteiger partial charge in [-0.2, -0.15) is 0 Å². The molecular weight excluding hydrogens is 606 g/mol. The molecule has 2 aliphatic rings. The summed E-state index contributed by atoms with van der Waals surface area (Å²) in [6.45, 7) is 6.27. The standard InChI is InChI=1S/C38H39N5O5/c1-27-8-2-3-9-30(27)31-10-4-5-11-32(31)37(46)40-29-16-14-28(15-17-29)38(47)42-20-18-36(45)43(34-13-7-6-12-33(34)42)26-35(44)39-19-21-41-22-24-48-25-23-41/h2-17H,18-26H2,1H3,(H,39,44)(H,40,46). The Morgan fingerprint density at radius 3 is 2.19 bits per heavy atom. The van der Waals surface area contributed by atoms with Crippen molar-refractivity contribution in [1.29, 1.82) is 0 Å². The van der Waals surface area contributed by atoms with E-state index in [-0.39, 0.29) is 43.1 Å². The number of morpholine rings is 1. The Balaban J connectivity index is 1.13. The number of hydrogen-bond donors (Lipinski definition) is 2. The Labute approximate surface area is 280 Å². The van der Waals surface area contributed by atoms with Crippen molar-refractivity contribution < 1.29 is 23.9 Å². The van der Waals surface area contributed by atoms with Crippen LogP contribution >= 0.6 is 0 Å². The van der Waals surface area contributed by atoms with E-state index in [0.29, 0.717) is 54.5 Å². The van der Waals surface area contributed by atoms with Crippen LogP contribution in [-0.2, 0) is 14.3 Å². The summed E-state index contributed by atoms with van der Waals surface area (Å²) < 4.78 is 5.38. The summed E-state index contributed by atoms with van der Waals surface area (Å²) in [5.74, 6) is -1.02. The number of amides is 4. The first-order valence-electron chi connectivity index (χ1n) is 16.2. The van der Waals surface area contributed by atoms with Crippen LogP contribution in [0.15, 0.2) is 97.1 Å². The molecule has 10 heteroatoms. The predicted molar refractivity (Wildman–Crippen MR) is 186 cm³/mol. The third-order valence-corrected chi connectivity index (χ3v) is 8.71. The number of nitrogens with zero attached hydrogens (tertiary/aromatic N) is 3. The minimum absolute atomic E-state index is 0.0654. The highest BCUT2D eigenvalue weighted by Gasteiger charge is 2.31. The zero-order valence-corrected chi connectivity index (χ0v) is 27.0. The normalized spacial score (nSPS) is 15.0. The van der Waals surface area contributed by atoms with Crippen LogP contribution in [0.25, 0.3) is 11.1 Å². The largest absolute Gasteiger partial charge is 0.379 e. The fourth-order valence-corrected chi connectivity index (χ4v) is 6.12. The van der Waals surface area contributed by atoms with Gasteiger partial charge in [0.05, 0.1) is 24.6 Å². The van der Waals surface area contributed by atoms with Crippen molar-refractivity contribution in [1.82, 2.24) is 10.2 Å². The van der Waals surface area contributed by atoms with Crippen LogP contribution in [0.3, 0.4) is 0 Å². The van der Waals surface area contributed by atoms with Gasteiger partial charge < -0.3 is 25.2 Å². The summed E-state index contributed by atoms with van der Waals surface area (Å²) in [4.78, 5) is 58.7. The van der Waals surface area contributed by atoms with Crippen LogP contribution in [-0.4, -0.2) is 81.0 Å². The highest BCUT2D eigenvalue weighted by Crippen LogP contribution is 2.34. The molecular formula is C38H39N5O5. The van der Waals surface area contributed by atoms with Gasteiger partial charge in [0.15, 0.2) is 0 Å². The van der Waals surface area contributed by atoms with Gasteiger partial charge in [-0.05, 0) is 66.1 Å². The zero-order valence-electron chi connectivity index (χ0n) is 27.0. The number of hydrogen-bond acceptors (Lipinski definition) is 6. The molecule has 0 aliphatic carbocycles. The number of fused-ring (bicyclic) bond motifs is 1. The first kappa shape index (κ1) is 32.6. The highest BCUT2D eigenvalue weighted by molar-refractivity contribution is 6.13. The summed E-state index contributed by atoms with van der Waals surface area (Å²) >= 11 is 0. The summed E-state index contributed by atoms with van der Waals surface area (Å²) in [5, 5.41) is 5.89. The van der Waals surface area contributed by atoms with Gasteiger partial charge in [-0.15, -0.1) is 0 Å². The minimum Gasteiger partial charge on any atom is -0.379 e. The van der Waals surface area contributed by atoms with Gasteiger partial charge >= 0.3 is 0 Å². The molecule has 4 aromatic carbocycles. The number of ether oxygens (including phenoxy) is 1. The van der Waals surface area contributed by atoms with E-state index in [2.05, 4.69) is 15.5 Å². The van der Waals surface area contributed by atoms with Crippen LogP contribution in [0.1, 0.15) is 32.7 Å². The summed E-state index contributed by atoms with van der Waals surface area (Å²) in [7, 11) is 0. The molecule has 0 saturated carbocycles. The predicted octanol–water partition coefficient (Wildman–Crippen LogP) is 4.75. The Hall–Kier alpha value is -5.32. The molecule has 0 unspecified atom stereocenters. The van der Waals surface area contributed by atoms with E-state index in [1.807, 2.05) is 55.5 Å². The second-order valence-electron chi connectivity index (χ2n) is 11.9. The molecule has 48 heavy (non-hydrogen) atoms. The zero-order chi connectivity index (χ0) is 33.5. The van der Waals surface area contributed by atoms with E-state index in [1.54, 1.807) is 53.4 Å². The maximum atomic E-state index is 13.8. The minimum atomic E-state index is -0.283. The van der Waals surface area contributed by atoms with Crippen molar-refractivity contribution >= 4 is 40.7 Å². The fraction of sp³-hybridized carbons (Fsp3) is 0.263. The van der Waals surface area contributed by atoms with Crippen molar-refractivity contribution in [2.75, 3.05) is 67.6 Å². The third-order valence-electron chi connectivity index (χ3n) is 8.71. The average Bonchev–Trinajstić information content (AvgIpc) is 3.25. The van der Waals surface area contributed by atoms with Crippen LogP contribution < -0.4 is 20.4 Å². The van der Waals surface area contributed by atoms with Crippen LogP contribution in [0.2, 0.25) is 0 Å². The van der Waals surface area contributed by atoms with Gasteiger partial charge in [-0.25, -0.2) is 0 Å². The number of benzene rings is 4. The number of aryl methyl sites for hydroxylation is 1. The van der Waals surface area contributed by atoms with Crippen molar-refractivity contribution in [2.24, 2.45) is 0 Å². The van der Waals surface area contributed by atoms with Gasteiger partial charge in [0.25, 0.3) is 11.8 Å². The first-order valence-corrected chi connectivity index (χ1v) is 16.2. The molecule has 2 N–H and O–H groups in total. The van der Waals surface area contributed by atoms with Gasteiger partial charge in [0, 0.05) is 56.0 Å². The number of anilines is 3. The van der Waals surface area contributed by atoms with E-state index < -0.39 is 0 Å². The lowest BCUT2D eigenvalue weighted by atomic mass is 9.95. The Kier molecular flexibility index (Phi) is 10.2. The average molecular weight is 646 g/mol. The van der Waals surface area contributed by atoms with Crippen LogP contribution in [0.4, 0.5) is 17.1 Å². The molecule has 0 atom stereocenters. The maximum Gasteiger partial charge on any atom is 0.258 e. The lowest BCUT2D eigenvalue weighted by Crippen LogP contribution is -2.44. The molecule has 4 aromatic rings. The van der Waals surface area contributed by atoms with E-state index in [9.17, 15) is 19.2 Å². The van der Waals surface area contributed by atoms with Crippen molar-refractivity contribution in [3.8, 4) is 11.1 Å². The molecule has 2 aliphatic heterocycles.